The van der Waals surface area contributed by atoms with E-state index in [1.54, 1.807) is 0 Å². The van der Waals surface area contributed by atoms with Gasteiger partial charge in [-0.05, 0) is 12.8 Å². The van der Waals surface area contributed by atoms with E-state index < -0.39 is 0 Å². The Hall–Kier alpha value is -2.09. The molecule has 3 heterocycles. The van der Waals surface area contributed by atoms with Crippen molar-refractivity contribution in [1.82, 2.24) is 25.0 Å². The van der Waals surface area contributed by atoms with E-state index in [0.29, 0.717) is 42.7 Å². The van der Waals surface area contributed by atoms with Gasteiger partial charge in [0.05, 0.1) is 12.2 Å². The van der Waals surface area contributed by atoms with E-state index in [2.05, 4.69) is 45.8 Å². The van der Waals surface area contributed by atoms with Crippen molar-refractivity contribution in [2.45, 2.75) is 52.5 Å². The van der Waals surface area contributed by atoms with Gasteiger partial charge >= 0.3 is 0 Å². The summed E-state index contributed by atoms with van der Waals surface area (Å²) in [5.41, 5.74) is 0.320. The van der Waals surface area contributed by atoms with Crippen LogP contribution >= 0.6 is 0 Å². The fourth-order valence-corrected chi connectivity index (χ4v) is 3.03. The van der Waals surface area contributed by atoms with E-state index in [-0.39, 0.29) is 11.2 Å². The van der Waals surface area contributed by atoms with Crippen LogP contribution in [0.2, 0.25) is 0 Å². The van der Waals surface area contributed by atoms with Crippen LogP contribution in [-0.4, -0.2) is 51.2 Å². The first kappa shape index (κ1) is 18.7. The molecule has 8 heteroatoms. The van der Waals surface area contributed by atoms with Gasteiger partial charge < -0.3 is 9.42 Å². The Labute approximate surface area is 153 Å². The molecule has 0 atom stereocenters. The summed E-state index contributed by atoms with van der Waals surface area (Å²) in [6, 6.07) is 0. The second-order valence-corrected chi connectivity index (χ2v) is 7.69. The molecule has 1 aliphatic heterocycles. The van der Waals surface area contributed by atoms with Crippen molar-refractivity contribution in [3.05, 3.63) is 29.6 Å². The standard InChI is InChI=1S/C18H27FN6O/c1-5-13-15(19)16(21-12-20-13)25-8-6-7-24(9-10-25)11-14-22-17(26-23-14)18(2,3)4/h12H,5-11H2,1-4H3. The minimum Gasteiger partial charge on any atom is -0.353 e. The number of aryl methyl sites for hydroxylation is 1. The predicted molar refractivity (Wildman–Crippen MR) is 96.5 cm³/mol. The van der Waals surface area contributed by atoms with Crippen LogP contribution in [-0.2, 0) is 18.4 Å². The van der Waals surface area contributed by atoms with E-state index in [4.69, 9.17) is 4.52 Å². The van der Waals surface area contributed by atoms with E-state index in [1.807, 2.05) is 11.8 Å². The molecule has 26 heavy (non-hydrogen) atoms. The van der Waals surface area contributed by atoms with E-state index in [9.17, 15) is 4.39 Å². The fraction of sp³-hybridized carbons (Fsp3) is 0.667. The first-order valence-electron chi connectivity index (χ1n) is 9.18. The quantitative estimate of drug-likeness (QED) is 0.828. The molecule has 0 aromatic carbocycles. The predicted octanol–water partition coefficient (Wildman–Crippen LogP) is 2.57. The SMILES string of the molecule is CCc1ncnc(N2CCCN(Cc3noc(C(C)(C)C)n3)CC2)c1F. The van der Waals surface area contributed by atoms with Crippen LogP contribution in [0.1, 0.15) is 51.5 Å². The third-order valence-corrected chi connectivity index (χ3v) is 4.54. The van der Waals surface area contributed by atoms with Gasteiger partial charge in [0.2, 0.25) is 5.89 Å². The first-order chi connectivity index (χ1) is 12.4. The van der Waals surface area contributed by atoms with Crippen molar-refractivity contribution in [2.24, 2.45) is 0 Å². The molecule has 1 fully saturated rings. The van der Waals surface area contributed by atoms with Crippen LogP contribution < -0.4 is 4.90 Å². The van der Waals surface area contributed by atoms with Crippen LogP contribution in [0.4, 0.5) is 10.2 Å². The Balaban J connectivity index is 1.64. The molecule has 142 valence electrons. The van der Waals surface area contributed by atoms with Gasteiger partial charge in [0.15, 0.2) is 17.5 Å². The monoisotopic (exact) mass is 362 g/mol. The summed E-state index contributed by atoms with van der Waals surface area (Å²) in [4.78, 5) is 17.0. The molecule has 0 amide bonds. The zero-order valence-electron chi connectivity index (χ0n) is 16.0. The molecule has 0 spiro atoms. The van der Waals surface area contributed by atoms with Gasteiger partial charge in [-0.15, -0.1) is 0 Å². The normalized spacial score (nSPS) is 16.7. The summed E-state index contributed by atoms with van der Waals surface area (Å²) in [6.07, 6.45) is 2.94. The maximum atomic E-state index is 14.5. The molecule has 0 aliphatic carbocycles. The minimum absolute atomic E-state index is 0.150. The molecule has 2 aromatic heterocycles. The van der Waals surface area contributed by atoms with Crippen molar-refractivity contribution in [3.8, 4) is 0 Å². The molecule has 0 saturated carbocycles. The summed E-state index contributed by atoms with van der Waals surface area (Å²) in [5.74, 6) is 1.47. The highest BCUT2D eigenvalue weighted by molar-refractivity contribution is 5.41. The number of rotatable bonds is 4. The van der Waals surface area contributed by atoms with Crippen LogP contribution in [0.5, 0.6) is 0 Å². The van der Waals surface area contributed by atoms with Crippen molar-refractivity contribution in [2.75, 3.05) is 31.1 Å². The largest absolute Gasteiger partial charge is 0.353 e. The van der Waals surface area contributed by atoms with Crippen LogP contribution in [0.15, 0.2) is 10.9 Å². The zero-order chi connectivity index (χ0) is 18.7. The molecule has 0 bridgehead atoms. The third kappa shape index (κ3) is 4.17. The number of hydrogen-bond donors (Lipinski definition) is 0. The molecule has 0 unspecified atom stereocenters. The van der Waals surface area contributed by atoms with Gasteiger partial charge in [-0.2, -0.15) is 4.98 Å². The molecule has 0 radical (unpaired) electrons. The Morgan fingerprint density at radius 1 is 1.15 bits per heavy atom. The van der Waals surface area contributed by atoms with Crippen LogP contribution in [0, 0.1) is 5.82 Å². The maximum absolute atomic E-state index is 14.5. The lowest BCUT2D eigenvalue weighted by molar-refractivity contribution is 0.269. The second kappa shape index (κ2) is 7.65. The number of halogens is 1. The number of aromatic nitrogens is 4. The Kier molecular flexibility index (Phi) is 5.50. The van der Waals surface area contributed by atoms with Gasteiger partial charge in [0.25, 0.3) is 0 Å². The molecule has 1 saturated heterocycles. The van der Waals surface area contributed by atoms with Crippen molar-refractivity contribution in [3.63, 3.8) is 0 Å². The molecule has 0 N–H and O–H groups in total. The summed E-state index contributed by atoms with van der Waals surface area (Å²) in [5, 5.41) is 4.10. The minimum atomic E-state index is -0.295. The topological polar surface area (TPSA) is 71.2 Å². The highest BCUT2D eigenvalue weighted by atomic mass is 19.1. The Morgan fingerprint density at radius 3 is 2.65 bits per heavy atom. The summed E-state index contributed by atoms with van der Waals surface area (Å²) in [7, 11) is 0. The Morgan fingerprint density at radius 2 is 1.96 bits per heavy atom. The van der Waals surface area contributed by atoms with E-state index >= 15 is 0 Å². The van der Waals surface area contributed by atoms with Gasteiger partial charge in [0.1, 0.15) is 6.33 Å². The zero-order valence-corrected chi connectivity index (χ0v) is 16.0. The van der Waals surface area contributed by atoms with Crippen molar-refractivity contribution >= 4 is 5.82 Å². The highest BCUT2D eigenvalue weighted by Crippen LogP contribution is 2.22. The molecular formula is C18H27FN6O. The number of hydrogen-bond acceptors (Lipinski definition) is 7. The molecule has 2 aromatic rings. The lowest BCUT2D eigenvalue weighted by Gasteiger charge is -2.23. The summed E-state index contributed by atoms with van der Waals surface area (Å²) >= 11 is 0. The smallest absolute Gasteiger partial charge is 0.232 e. The van der Waals surface area contributed by atoms with E-state index in [0.717, 1.165) is 26.1 Å². The number of anilines is 1. The molecule has 1 aliphatic rings. The maximum Gasteiger partial charge on any atom is 0.232 e. The highest BCUT2D eigenvalue weighted by Gasteiger charge is 2.24. The average molecular weight is 362 g/mol. The van der Waals surface area contributed by atoms with Gasteiger partial charge in [-0.3, -0.25) is 4.90 Å². The Bertz CT molecular complexity index is 742. The molecule has 3 rings (SSSR count). The lowest BCUT2D eigenvalue weighted by Crippen LogP contribution is -2.32. The van der Waals surface area contributed by atoms with Gasteiger partial charge in [-0.1, -0.05) is 32.9 Å². The van der Waals surface area contributed by atoms with Gasteiger partial charge in [0, 0.05) is 31.6 Å². The summed E-state index contributed by atoms with van der Waals surface area (Å²) in [6.45, 7) is 11.9. The van der Waals surface area contributed by atoms with Crippen molar-refractivity contribution in [1.29, 1.82) is 0 Å². The van der Waals surface area contributed by atoms with Crippen LogP contribution in [0.25, 0.3) is 0 Å². The molecular weight excluding hydrogens is 335 g/mol. The number of nitrogens with zero attached hydrogens (tertiary/aromatic N) is 6. The fourth-order valence-electron chi connectivity index (χ4n) is 3.03. The molecule has 7 nitrogen and oxygen atoms in total. The van der Waals surface area contributed by atoms with Crippen molar-refractivity contribution < 1.29 is 8.91 Å². The van der Waals surface area contributed by atoms with Gasteiger partial charge in [-0.25, -0.2) is 14.4 Å². The lowest BCUT2D eigenvalue weighted by atomic mass is 9.97. The summed E-state index contributed by atoms with van der Waals surface area (Å²) < 4.78 is 19.9. The average Bonchev–Trinajstić information content (AvgIpc) is 2.95. The first-order valence-corrected chi connectivity index (χ1v) is 9.18. The van der Waals surface area contributed by atoms with E-state index in [1.165, 1.54) is 6.33 Å². The van der Waals surface area contributed by atoms with Crippen LogP contribution in [0.3, 0.4) is 0 Å². The second-order valence-electron chi connectivity index (χ2n) is 7.69. The third-order valence-electron chi connectivity index (χ3n) is 4.54.